The van der Waals surface area contributed by atoms with Crippen LogP contribution < -0.4 is 20.1 Å². The Hall–Kier alpha value is -3.10. The Labute approximate surface area is 161 Å². The second-order valence-electron chi connectivity index (χ2n) is 5.82. The van der Waals surface area contributed by atoms with Crippen molar-refractivity contribution < 1.29 is 27.8 Å². The molecule has 6 nitrogen and oxygen atoms in total. The van der Waals surface area contributed by atoms with Crippen molar-refractivity contribution in [2.24, 2.45) is 4.99 Å². The molecule has 2 rings (SSSR count). The molecule has 0 heterocycles. The number of aliphatic imine (C=N–C) groups is 1. The normalized spacial score (nSPS) is 11.8. The highest BCUT2D eigenvalue weighted by molar-refractivity contribution is 5.79. The van der Waals surface area contributed by atoms with Crippen LogP contribution >= 0.6 is 0 Å². The van der Waals surface area contributed by atoms with Gasteiger partial charge in [-0.1, -0.05) is 12.1 Å². The number of rotatable bonds is 7. The average Bonchev–Trinajstić information content (AvgIpc) is 2.68. The van der Waals surface area contributed by atoms with Crippen LogP contribution in [0.15, 0.2) is 47.5 Å². The zero-order valence-corrected chi connectivity index (χ0v) is 15.5. The standard InChI is InChI=1S/C19H22F3N3O3/c1-23-18(25-11-14-9-16(27-2)7-8-17(14)26)24-10-13-3-5-15(6-4-13)28-12-19(20,21)22/h3-9,26H,10-12H2,1-2H3,(H2,23,24,25). The van der Waals surface area contributed by atoms with Gasteiger partial charge in [0.1, 0.15) is 17.2 Å². The van der Waals surface area contributed by atoms with Crippen molar-refractivity contribution in [3.8, 4) is 17.2 Å². The van der Waals surface area contributed by atoms with Crippen LogP contribution in [0.5, 0.6) is 17.2 Å². The van der Waals surface area contributed by atoms with E-state index in [1.807, 2.05) is 0 Å². The number of methoxy groups -OCH3 is 1. The number of ether oxygens (including phenoxy) is 2. The summed E-state index contributed by atoms with van der Waals surface area (Å²) in [5.41, 5.74) is 1.49. The summed E-state index contributed by atoms with van der Waals surface area (Å²) in [6, 6.07) is 11.2. The van der Waals surface area contributed by atoms with Crippen LogP contribution in [0.25, 0.3) is 0 Å². The highest BCUT2D eigenvalue weighted by Gasteiger charge is 2.28. The molecule has 0 fully saturated rings. The van der Waals surface area contributed by atoms with Gasteiger partial charge in [-0.15, -0.1) is 0 Å². The number of phenols is 1. The highest BCUT2D eigenvalue weighted by atomic mass is 19.4. The van der Waals surface area contributed by atoms with Crippen molar-refractivity contribution in [1.29, 1.82) is 0 Å². The largest absolute Gasteiger partial charge is 0.508 e. The number of hydrogen-bond donors (Lipinski definition) is 3. The summed E-state index contributed by atoms with van der Waals surface area (Å²) in [7, 11) is 3.15. The van der Waals surface area contributed by atoms with E-state index in [0.717, 1.165) is 5.56 Å². The number of hydrogen-bond acceptors (Lipinski definition) is 4. The molecule has 9 heteroatoms. The van der Waals surface area contributed by atoms with Crippen LogP contribution in [0.4, 0.5) is 13.2 Å². The van der Waals surface area contributed by atoms with Gasteiger partial charge in [0.15, 0.2) is 12.6 Å². The molecule has 28 heavy (non-hydrogen) atoms. The van der Waals surface area contributed by atoms with E-state index in [9.17, 15) is 18.3 Å². The van der Waals surface area contributed by atoms with Crippen molar-refractivity contribution in [3.05, 3.63) is 53.6 Å². The molecule has 0 atom stereocenters. The van der Waals surface area contributed by atoms with Crippen molar-refractivity contribution in [3.63, 3.8) is 0 Å². The topological polar surface area (TPSA) is 75.1 Å². The monoisotopic (exact) mass is 397 g/mol. The lowest BCUT2D eigenvalue weighted by Gasteiger charge is -2.14. The van der Waals surface area contributed by atoms with E-state index in [0.29, 0.717) is 30.4 Å². The lowest BCUT2D eigenvalue weighted by molar-refractivity contribution is -0.153. The van der Waals surface area contributed by atoms with Crippen molar-refractivity contribution >= 4 is 5.96 Å². The number of nitrogens with zero attached hydrogens (tertiary/aromatic N) is 1. The number of alkyl halides is 3. The molecule has 0 bridgehead atoms. The van der Waals surface area contributed by atoms with Gasteiger partial charge in [-0.2, -0.15) is 13.2 Å². The van der Waals surface area contributed by atoms with Crippen molar-refractivity contribution in [2.75, 3.05) is 20.8 Å². The van der Waals surface area contributed by atoms with Crippen molar-refractivity contribution in [1.82, 2.24) is 10.6 Å². The SMILES string of the molecule is CN=C(NCc1ccc(OCC(F)(F)F)cc1)NCc1cc(OC)ccc1O. The first-order chi connectivity index (χ1) is 13.3. The first kappa shape index (κ1) is 21.2. The summed E-state index contributed by atoms with van der Waals surface area (Å²) in [4.78, 5) is 4.10. The van der Waals surface area contributed by atoms with Crippen LogP contribution in [0, 0.1) is 0 Å². The minimum atomic E-state index is -4.37. The van der Waals surface area contributed by atoms with Gasteiger partial charge in [-0.25, -0.2) is 0 Å². The molecule has 2 aromatic carbocycles. The van der Waals surface area contributed by atoms with Gasteiger partial charge in [0.2, 0.25) is 0 Å². The first-order valence-corrected chi connectivity index (χ1v) is 8.39. The number of benzene rings is 2. The van der Waals surface area contributed by atoms with E-state index in [1.165, 1.54) is 12.1 Å². The fourth-order valence-corrected chi connectivity index (χ4v) is 2.28. The average molecular weight is 397 g/mol. The minimum Gasteiger partial charge on any atom is -0.508 e. The Morgan fingerprint density at radius 1 is 1.04 bits per heavy atom. The molecule has 0 saturated heterocycles. The van der Waals surface area contributed by atoms with Crippen LogP contribution in [0.1, 0.15) is 11.1 Å². The van der Waals surface area contributed by atoms with E-state index in [-0.39, 0.29) is 11.5 Å². The molecule has 0 spiro atoms. The molecular weight excluding hydrogens is 375 g/mol. The Kier molecular flexibility index (Phi) is 7.36. The Morgan fingerprint density at radius 2 is 1.68 bits per heavy atom. The number of guanidine groups is 1. The predicted octanol–water partition coefficient (Wildman–Crippen LogP) is 3.21. The summed E-state index contributed by atoms with van der Waals surface area (Å²) in [5, 5.41) is 16.1. The second kappa shape index (κ2) is 9.72. The highest BCUT2D eigenvalue weighted by Crippen LogP contribution is 2.22. The lowest BCUT2D eigenvalue weighted by atomic mass is 10.2. The van der Waals surface area contributed by atoms with Crippen LogP contribution in [0.2, 0.25) is 0 Å². The van der Waals surface area contributed by atoms with E-state index in [1.54, 1.807) is 44.5 Å². The third-order valence-corrected chi connectivity index (χ3v) is 3.74. The van der Waals surface area contributed by atoms with Gasteiger partial charge in [0.25, 0.3) is 0 Å². The summed E-state index contributed by atoms with van der Waals surface area (Å²) in [5.74, 6) is 1.42. The molecule has 0 aromatic heterocycles. The summed E-state index contributed by atoms with van der Waals surface area (Å²) in [6.45, 7) is -0.589. The zero-order chi connectivity index (χ0) is 20.6. The van der Waals surface area contributed by atoms with Gasteiger partial charge in [-0.3, -0.25) is 4.99 Å². The van der Waals surface area contributed by atoms with Gasteiger partial charge >= 0.3 is 6.18 Å². The Bertz CT molecular complexity index is 793. The Balaban J connectivity index is 1.85. The predicted molar refractivity (Wildman–Crippen MR) is 99.7 cm³/mol. The molecule has 2 aromatic rings. The maximum absolute atomic E-state index is 12.2. The quantitative estimate of drug-likeness (QED) is 0.494. The van der Waals surface area contributed by atoms with Gasteiger partial charge in [-0.05, 0) is 35.9 Å². The fraction of sp³-hybridized carbons (Fsp3) is 0.316. The minimum absolute atomic E-state index is 0.137. The number of halogens is 3. The van der Waals surface area contributed by atoms with Crippen LogP contribution in [-0.2, 0) is 13.1 Å². The third-order valence-electron chi connectivity index (χ3n) is 3.74. The first-order valence-electron chi connectivity index (χ1n) is 8.39. The molecule has 0 radical (unpaired) electrons. The van der Waals surface area contributed by atoms with E-state index < -0.39 is 12.8 Å². The van der Waals surface area contributed by atoms with Crippen LogP contribution in [-0.4, -0.2) is 38.0 Å². The smallest absolute Gasteiger partial charge is 0.422 e. The number of aromatic hydroxyl groups is 1. The molecular formula is C19H22F3N3O3. The molecule has 3 N–H and O–H groups in total. The lowest BCUT2D eigenvalue weighted by Crippen LogP contribution is -2.36. The summed E-state index contributed by atoms with van der Waals surface area (Å²) >= 11 is 0. The molecule has 0 aliphatic heterocycles. The van der Waals surface area contributed by atoms with Gasteiger partial charge < -0.3 is 25.2 Å². The van der Waals surface area contributed by atoms with Crippen LogP contribution in [0.3, 0.4) is 0 Å². The number of nitrogens with one attached hydrogen (secondary N) is 2. The van der Waals surface area contributed by atoms with E-state index in [2.05, 4.69) is 20.4 Å². The maximum Gasteiger partial charge on any atom is 0.422 e. The summed E-state index contributed by atoms with van der Waals surface area (Å²) < 4.78 is 46.3. The fourth-order valence-electron chi connectivity index (χ4n) is 2.28. The molecule has 152 valence electrons. The van der Waals surface area contributed by atoms with E-state index >= 15 is 0 Å². The molecule has 0 unspecified atom stereocenters. The maximum atomic E-state index is 12.2. The molecule has 0 saturated carbocycles. The Morgan fingerprint density at radius 3 is 2.29 bits per heavy atom. The summed E-state index contributed by atoms with van der Waals surface area (Å²) in [6.07, 6.45) is -4.37. The van der Waals surface area contributed by atoms with Gasteiger partial charge in [0, 0.05) is 25.7 Å². The van der Waals surface area contributed by atoms with Crippen molar-refractivity contribution in [2.45, 2.75) is 19.3 Å². The third kappa shape index (κ3) is 6.90. The van der Waals surface area contributed by atoms with Gasteiger partial charge in [0.05, 0.1) is 7.11 Å². The zero-order valence-electron chi connectivity index (χ0n) is 15.5. The second-order valence-corrected chi connectivity index (χ2v) is 5.82. The van der Waals surface area contributed by atoms with E-state index in [4.69, 9.17) is 4.74 Å². The molecule has 0 amide bonds. The molecule has 0 aliphatic carbocycles. The molecule has 0 aliphatic rings. The number of phenolic OH excluding ortho intramolecular Hbond substituents is 1.